The molecule has 0 bridgehead atoms. The Morgan fingerprint density at radius 1 is 1.04 bits per heavy atom. The molecule has 1 saturated heterocycles. The third-order valence-corrected chi connectivity index (χ3v) is 5.41. The van der Waals surface area contributed by atoms with Gasteiger partial charge in [-0.05, 0) is 62.4 Å². The Morgan fingerprint density at radius 2 is 1.64 bits per heavy atom. The van der Waals surface area contributed by atoms with Crippen LogP contribution in [0.4, 0.5) is 11.4 Å². The molecule has 6 heteroatoms. The second-order valence-corrected chi connectivity index (χ2v) is 7.19. The van der Waals surface area contributed by atoms with Gasteiger partial charge in [-0.15, -0.1) is 0 Å². The first kappa shape index (κ1) is 19.9. The van der Waals surface area contributed by atoms with Gasteiger partial charge in [-0.25, -0.2) is 0 Å². The monoisotopic (exact) mass is 382 g/mol. The summed E-state index contributed by atoms with van der Waals surface area (Å²) in [7, 11) is 1.67. The van der Waals surface area contributed by atoms with E-state index in [1.807, 2.05) is 19.1 Å². The highest BCUT2D eigenvalue weighted by Crippen LogP contribution is 2.19. The molecule has 0 aromatic heterocycles. The lowest BCUT2D eigenvalue weighted by Gasteiger charge is -2.36. The first-order chi connectivity index (χ1) is 13.5. The fourth-order valence-electron chi connectivity index (χ4n) is 3.50. The number of carbonyl (C=O) groups is 2. The van der Waals surface area contributed by atoms with Crippen molar-refractivity contribution in [3.8, 4) is 5.75 Å². The van der Waals surface area contributed by atoms with Gasteiger partial charge in [0, 0.05) is 16.9 Å². The van der Waals surface area contributed by atoms with Gasteiger partial charge < -0.3 is 19.9 Å². The van der Waals surface area contributed by atoms with Crippen molar-refractivity contribution < 1.29 is 19.2 Å². The largest absolute Gasteiger partial charge is 0.497 e. The van der Waals surface area contributed by atoms with Crippen LogP contribution >= 0.6 is 0 Å². The number of Topliss-reactive ketones (excluding diaryl/α,β-unsaturated/α-hetero) is 1. The zero-order valence-corrected chi connectivity index (χ0v) is 16.7. The Bertz CT molecular complexity index is 810. The molecule has 1 aliphatic rings. The van der Waals surface area contributed by atoms with Crippen molar-refractivity contribution in [3.05, 3.63) is 54.1 Å². The summed E-state index contributed by atoms with van der Waals surface area (Å²) < 4.78 is 5.21. The highest BCUT2D eigenvalue weighted by molar-refractivity contribution is 5.96. The number of hydrogen-bond acceptors (Lipinski definition) is 4. The summed E-state index contributed by atoms with van der Waals surface area (Å²) in [6.45, 7) is 7.13. The van der Waals surface area contributed by atoms with E-state index in [0.29, 0.717) is 5.56 Å². The van der Waals surface area contributed by atoms with Gasteiger partial charge in [-0.3, -0.25) is 9.59 Å². The number of nitrogens with one attached hydrogen (secondary N) is 2. The van der Waals surface area contributed by atoms with Crippen LogP contribution in [0.25, 0.3) is 0 Å². The van der Waals surface area contributed by atoms with Gasteiger partial charge in [-0.1, -0.05) is 0 Å². The molecule has 1 heterocycles. The maximum atomic E-state index is 12.6. The lowest BCUT2D eigenvalue weighted by molar-refractivity contribution is -0.914. The van der Waals surface area contributed by atoms with Gasteiger partial charge in [0.15, 0.2) is 11.8 Å². The summed E-state index contributed by atoms with van der Waals surface area (Å²) >= 11 is 0. The fraction of sp³-hybridized carbons (Fsp3) is 0.364. The number of carbonyl (C=O) groups excluding carboxylic acids is 2. The molecule has 0 unspecified atom stereocenters. The molecular weight excluding hydrogens is 354 g/mol. The van der Waals surface area contributed by atoms with Gasteiger partial charge in [-0.2, -0.15) is 0 Å². The summed E-state index contributed by atoms with van der Waals surface area (Å²) in [5, 5.41) is 2.96. The molecule has 0 aliphatic carbocycles. The maximum Gasteiger partial charge on any atom is 0.282 e. The lowest BCUT2D eigenvalue weighted by Crippen LogP contribution is -3.19. The van der Waals surface area contributed by atoms with Gasteiger partial charge in [0.1, 0.15) is 5.75 Å². The van der Waals surface area contributed by atoms with E-state index < -0.39 is 0 Å². The average Bonchev–Trinajstić information content (AvgIpc) is 2.73. The Hall–Kier alpha value is -2.86. The van der Waals surface area contributed by atoms with E-state index in [9.17, 15) is 9.59 Å². The van der Waals surface area contributed by atoms with Crippen LogP contribution in [0.3, 0.4) is 0 Å². The second-order valence-electron chi connectivity index (χ2n) is 7.19. The molecule has 0 saturated carbocycles. The molecule has 2 aromatic carbocycles. The predicted molar refractivity (Wildman–Crippen MR) is 110 cm³/mol. The van der Waals surface area contributed by atoms with E-state index >= 15 is 0 Å². The normalized spacial score (nSPS) is 15.8. The highest BCUT2D eigenvalue weighted by Gasteiger charge is 2.29. The number of ether oxygens (including phenoxy) is 1. The molecule has 0 spiro atoms. The molecule has 1 atom stereocenters. The van der Waals surface area contributed by atoms with Gasteiger partial charge in [0.05, 0.1) is 33.3 Å². The quantitative estimate of drug-likeness (QED) is 0.746. The summed E-state index contributed by atoms with van der Waals surface area (Å²) in [5.41, 5.74) is 2.55. The van der Waals surface area contributed by atoms with Crippen LogP contribution in [-0.2, 0) is 4.79 Å². The number of hydrogen-bond donors (Lipinski definition) is 2. The topological polar surface area (TPSA) is 63.1 Å². The van der Waals surface area contributed by atoms with Crippen molar-refractivity contribution in [2.75, 3.05) is 43.5 Å². The zero-order valence-electron chi connectivity index (χ0n) is 16.7. The minimum absolute atomic E-state index is 0.00322. The minimum atomic E-state index is -0.134. The second kappa shape index (κ2) is 8.89. The Balaban J connectivity index is 1.52. The SMILES string of the molecule is COc1ccc(N2CC[NH+]([C@@H](C)C(=O)Nc3ccc(C(C)=O)cc3)CC2)cc1. The van der Waals surface area contributed by atoms with Crippen LogP contribution in [0.5, 0.6) is 5.75 Å². The van der Waals surface area contributed by atoms with Crippen molar-refractivity contribution in [2.45, 2.75) is 19.9 Å². The first-order valence-corrected chi connectivity index (χ1v) is 9.63. The molecule has 2 aromatic rings. The Kier molecular flexibility index (Phi) is 6.31. The predicted octanol–water partition coefficient (Wildman–Crippen LogP) is 1.63. The fourth-order valence-corrected chi connectivity index (χ4v) is 3.50. The van der Waals surface area contributed by atoms with Crippen LogP contribution in [0.15, 0.2) is 48.5 Å². The molecule has 3 rings (SSSR count). The van der Waals surface area contributed by atoms with Crippen LogP contribution in [0.2, 0.25) is 0 Å². The number of quaternary nitrogens is 1. The number of ketones is 1. The molecular formula is C22H28N3O3+. The van der Waals surface area contributed by atoms with Crippen molar-refractivity contribution in [3.63, 3.8) is 0 Å². The van der Waals surface area contributed by atoms with E-state index in [-0.39, 0.29) is 17.7 Å². The van der Waals surface area contributed by atoms with Gasteiger partial charge in [0.2, 0.25) is 0 Å². The number of amides is 1. The van der Waals surface area contributed by atoms with Crippen molar-refractivity contribution in [1.29, 1.82) is 0 Å². The number of nitrogens with zero attached hydrogens (tertiary/aromatic N) is 1. The number of rotatable bonds is 6. The van der Waals surface area contributed by atoms with Gasteiger partial charge in [0.25, 0.3) is 5.91 Å². The van der Waals surface area contributed by atoms with Crippen LogP contribution in [0.1, 0.15) is 24.2 Å². The molecule has 2 N–H and O–H groups in total. The minimum Gasteiger partial charge on any atom is -0.497 e. The van der Waals surface area contributed by atoms with E-state index in [0.717, 1.165) is 37.6 Å². The smallest absolute Gasteiger partial charge is 0.282 e. The molecule has 28 heavy (non-hydrogen) atoms. The van der Waals surface area contributed by atoms with Crippen LogP contribution < -0.4 is 19.9 Å². The van der Waals surface area contributed by atoms with Crippen LogP contribution in [-0.4, -0.2) is 51.0 Å². The standard InChI is InChI=1S/C22H27N3O3/c1-16(22(27)23-19-6-4-18(5-7-19)17(2)26)24-12-14-25(15-13-24)20-8-10-21(28-3)11-9-20/h4-11,16H,12-15H2,1-3H3,(H,23,27)/p+1/t16-/m0/s1. The lowest BCUT2D eigenvalue weighted by atomic mass is 10.1. The molecule has 1 amide bonds. The summed E-state index contributed by atoms with van der Waals surface area (Å²) in [4.78, 5) is 27.6. The van der Waals surface area contributed by atoms with E-state index in [4.69, 9.17) is 4.74 Å². The van der Waals surface area contributed by atoms with Crippen molar-refractivity contribution in [1.82, 2.24) is 0 Å². The first-order valence-electron chi connectivity index (χ1n) is 9.63. The average molecular weight is 382 g/mol. The van der Waals surface area contributed by atoms with E-state index in [1.54, 1.807) is 31.4 Å². The van der Waals surface area contributed by atoms with Gasteiger partial charge >= 0.3 is 0 Å². The number of anilines is 2. The number of benzene rings is 2. The summed E-state index contributed by atoms with van der Waals surface area (Å²) in [5.74, 6) is 0.878. The number of methoxy groups -OCH3 is 1. The molecule has 6 nitrogen and oxygen atoms in total. The summed E-state index contributed by atoms with van der Waals surface area (Å²) in [6.07, 6.45) is 0. The molecule has 0 radical (unpaired) electrons. The van der Waals surface area contributed by atoms with Crippen LogP contribution in [0, 0.1) is 0 Å². The molecule has 1 aliphatic heterocycles. The molecule has 1 fully saturated rings. The zero-order chi connectivity index (χ0) is 20.1. The highest BCUT2D eigenvalue weighted by atomic mass is 16.5. The number of piperazine rings is 1. The maximum absolute atomic E-state index is 12.6. The summed E-state index contributed by atoms with van der Waals surface area (Å²) in [6, 6.07) is 15.0. The van der Waals surface area contributed by atoms with E-state index in [1.165, 1.54) is 17.5 Å². The van der Waals surface area contributed by atoms with Crippen molar-refractivity contribution >= 4 is 23.1 Å². The van der Waals surface area contributed by atoms with Crippen molar-refractivity contribution in [2.24, 2.45) is 0 Å². The Labute approximate surface area is 166 Å². The third-order valence-electron chi connectivity index (χ3n) is 5.41. The van der Waals surface area contributed by atoms with E-state index in [2.05, 4.69) is 22.3 Å². The Morgan fingerprint density at radius 3 is 2.18 bits per heavy atom. The third kappa shape index (κ3) is 4.70. The molecule has 148 valence electrons.